The van der Waals surface area contributed by atoms with Crippen LogP contribution in [0.1, 0.15) is 172 Å². The van der Waals surface area contributed by atoms with Gasteiger partial charge in [-0.3, -0.25) is 9.59 Å². The number of carbonyl (C=O) groups is 4. The van der Waals surface area contributed by atoms with Crippen molar-refractivity contribution in [3.63, 3.8) is 0 Å². The van der Waals surface area contributed by atoms with E-state index in [1.165, 1.54) is 24.3 Å². The fraction of sp³-hybridized carbons (Fsp3) is 0.593. The van der Waals surface area contributed by atoms with Crippen LogP contribution in [0.25, 0.3) is 22.1 Å². The lowest BCUT2D eigenvalue weighted by Crippen LogP contribution is -2.51. The largest absolute Gasteiger partial charge is 0.465 e. The number of nitrogens with one attached hydrogen (secondary N) is 4. The highest BCUT2D eigenvalue weighted by Crippen LogP contribution is 2.56. The number of aromatic nitrogens is 4. The second kappa shape index (κ2) is 21.1. The molecule has 6 fully saturated rings. The number of carbonyl (C=O) groups excluding carboxylic acids is 2. The van der Waals surface area contributed by atoms with E-state index in [0.717, 1.165) is 64.2 Å². The molecule has 4 aliphatic heterocycles. The van der Waals surface area contributed by atoms with Gasteiger partial charge in [-0.25, -0.2) is 37.1 Å². The molecule has 6 N–H and O–H groups in total. The number of nitrogens with zero attached hydrogens (tertiary/aromatic N) is 6. The Morgan fingerprint density at radius 1 is 0.633 bits per heavy atom. The summed E-state index contributed by atoms with van der Waals surface area (Å²) in [7, 11) is 0. The highest BCUT2D eigenvalue weighted by molar-refractivity contribution is 5.87. The molecule has 4 amide bonds. The standard InChI is InChI=1S/C59H74F4N10O6/c1-31-24-48(36-27-42-44(29-38(36)60)66-52(64-42)46-16-10-20-71(46)54(74)49(68-56(76)77)32-12-6-7-13-32)73(35-25-40(62)51(41(63)26-35)70-22-18-34(19-23-70)58(2,3)4)59(31,5)37-28-43-45(30-39(37)61)67-53(65-43)47-17-11-21-72(47)55(75)50(69-57(78)79)33-14-8-9-15-33/h25-34,46-50,68-69H,6-24H2,1-5H3,(H,64,66)(H,65,67)(H,76,77)(H,78,79)/t31?,46?,47?,48-,49?,50+,59+/m1/s1. The molecule has 6 aliphatic rings. The van der Waals surface area contributed by atoms with Gasteiger partial charge in [-0.1, -0.05) is 53.4 Å². The molecule has 4 saturated heterocycles. The van der Waals surface area contributed by atoms with Crippen molar-refractivity contribution in [2.24, 2.45) is 29.1 Å². The van der Waals surface area contributed by atoms with Crippen LogP contribution >= 0.6 is 0 Å². The summed E-state index contributed by atoms with van der Waals surface area (Å²) in [5.41, 5.74) is 0.470. The maximum Gasteiger partial charge on any atom is 0.405 e. The normalized spacial score (nSPS) is 25.3. The lowest BCUT2D eigenvalue weighted by molar-refractivity contribution is -0.136. The highest BCUT2D eigenvalue weighted by Gasteiger charge is 2.53. The number of hydrogen-bond acceptors (Lipinski definition) is 8. The Morgan fingerprint density at radius 2 is 1.11 bits per heavy atom. The van der Waals surface area contributed by atoms with Gasteiger partial charge in [0.2, 0.25) is 11.8 Å². The van der Waals surface area contributed by atoms with E-state index < -0.39 is 77.1 Å². The SMILES string of the molecule is CC1C[C@H](c2cc3[nH]c(C4CCCN4C(=O)C(NC(=O)O)C4CCCC4)nc3cc2F)N(c2cc(F)c(N3CCC(C(C)(C)C)CC3)c(F)c2)[C@]1(C)c1cc2[nH]c(C3CCCN3C(=O)[C@@H](NC(=O)O)C3CCCC3)nc2cc1F. The Kier molecular flexibility index (Phi) is 14.5. The fourth-order valence-corrected chi connectivity index (χ4v) is 15.0. The van der Waals surface area contributed by atoms with Crippen LogP contribution in [0.5, 0.6) is 0 Å². The van der Waals surface area contributed by atoms with Crippen molar-refractivity contribution in [2.45, 2.75) is 167 Å². The third-order valence-electron chi connectivity index (χ3n) is 19.3. The number of imidazole rings is 2. The van der Waals surface area contributed by atoms with Crippen LogP contribution in [-0.4, -0.2) is 102 Å². The Morgan fingerprint density at radius 3 is 1.59 bits per heavy atom. The van der Waals surface area contributed by atoms with Gasteiger partial charge in [-0.15, -0.1) is 0 Å². The molecule has 0 spiro atoms. The van der Waals surface area contributed by atoms with E-state index in [2.05, 4.69) is 41.4 Å². The maximum atomic E-state index is 17.4. The summed E-state index contributed by atoms with van der Waals surface area (Å²) in [4.78, 5) is 75.5. The van der Waals surface area contributed by atoms with E-state index in [-0.39, 0.29) is 58.0 Å². The first kappa shape index (κ1) is 54.4. The molecular formula is C59H74F4N10O6. The highest BCUT2D eigenvalue weighted by atomic mass is 19.1. The molecule has 2 aliphatic carbocycles. The molecule has 20 heteroatoms. The molecule has 79 heavy (non-hydrogen) atoms. The number of anilines is 2. The first-order chi connectivity index (χ1) is 37.7. The number of carboxylic acid groups (broad SMARTS) is 2. The number of likely N-dealkylation sites (tertiary alicyclic amines) is 2. The van der Waals surface area contributed by atoms with Crippen LogP contribution in [0.4, 0.5) is 38.5 Å². The fourth-order valence-electron chi connectivity index (χ4n) is 15.0. The Bertz CT molecular complexity index is 3140. The lowest BCUT2D eigenvalue weighted by atomic mass is 9.75. The van der Waals surface area contributed by atoms with Crippen molar-refractivity contribution in [1.29, 1.82) is 0 Å². The molecule has 2 aromatic heterocycles. The van der Waals surface area contributed by atoms with E-state index in [4.69, 9.17) is 9.97 Å². The minimum atomic E-state index is -1.38. The van der Waals surface area contributed by atoms with Crippen LogP contribution in [0.3, 0.4) is 0 Å². The van der Waals surface area contributed by atoms with Crippen molar-refractivity contribution >= 4 is 57.4 Å². The van der Waals surface area contributed by atoms with Crippen LogP contribution in [0.2, 0.25) is 0 Å². The number of rotatable bonds is 12. The summed E-state index contributed by atoms with van der Waals surface area (Å²) in [5.74, 6) is -2.98. The molecule has 5 aromatic rings. The summed E-state index contributed by atoms with van der Waals surface area (Å²) in [6, 6.07) is 4.72. The number of piperidine rings is 1. The van der Waals surface area contributed by atoms with Gasteiger partial charge in [0.1, 0.15) is 41.1 Å². The number of hydrogen-bond donors (Lipinski definition) is 6. The van der Waals surface area contributed by atoms with Crippen molar-refractivity contribution in [2.75, 3.05) is 36.0 Å². The van der Waals surface area contributed by atoms with Crippen molar-refractivity contribution < 1.29 is 47.0 Å². The topological polar surface area (TPSA) is 203 Å². The average Bonchev–Trinajstić information content (AvgIpc) is 4.10. The van der Waals surface area contributed by atoms with Gasteiger partial charge in [0.05, 0.1) is 45.7 Å². The Hall–Kier alpha value is -6.60. The predicted octanol–water partition coefficient (Wildman–Crippen LogP) is 11.7. The van der Waals surface area contributed by atoms with Crippen LogP contribution < -0.4 is 20.4 Å². The van der Waals surface area contributed by atoms with E-state index in [1.54, 1.807) is 31.7 Å². The van der Waals surface area contributed by atoms with Crippen LogP contribution in [-0.2, 0) is 15.1 Å². The summed E-state index contributed by atoms with van der Waals surface area (Å²) in [6.45, 7) is 12.0. The number of aromatic amines is 2. The van der Waals surface area contributed by atoms with Gasteiger partial charge in [0.15, 0.2) is 11.6 Å². The summed E-state index contributed by atoms with van der Waals surface area (Å²) in [5, 5.41) is 24.5. The zero-order valence-electron chi connectivity index (χ0n) is 45.8. The Balaban J connectivity index is 0.962. The predicted molar refractivity (Wildman–Crippen MR) is 290 cm³/mol. The molecule has 11 rings (SSSR count). The molecule has 0 bridgehead atoms. The lowest BCUT2D eigenvalue weighted by Gasteiger charge is -2.43. The summed E-state index contributed by atoms with van der Waals surface area (Å²) in [6.07, 6.45) is 8.23. The molecule has 16 nitrogen and oxygen atoms in total. The second-order valence-corrected chi connectivity index (χ2v) is 24.9. The smallest absolute Gasteiger partial charge is 0.405 e. The van der Waals surface area contributed by atoms with Gasteiger partial charge in [-0.2, -0.15) is 0 Å². The van der Waals surface area contributed by atoms with Crippen LogP contribution in [0.15, 0.2) is 36.4 Å². The zero-order valence-corrected chi connectivity index (χ0v) is 45.8. The molecular weight excluding hydrogens is 1020 g/mol. The molecule has 424 valence electrons. The van der Waals surface area contributed by atoms with Crippen molar-refractivity contribution in [1.82, 2.24) is 40.4 Å². The number of fused-ring (bicyclic) bond motifs is 2. The number of benzene rings is 3. The average molecular weight is 1100 g/mol. The van der Waals surface area contributed by atoms with Gasteiger partial charge < -0.3 is 50.4 Å². The first-order valence-corrected chi connectivity index (χ1v) is 28.7. The quantitative estimate of drug-likeness (QED) is 0.0653. The second-order valence-electron chi connectivity index (χ2n) is 24.9. The van der Waals surface area contributed by atoms with Gasteiger partial charge in [0, 0.05) is 55.1 Å². The monoisotopic (exact) mass is 1090 g/mol. The first-order valence-electron chi connectivity index (χ1n) is 28.7. The number of H-pyrrole nitrogens is 2. The zero-order chi connectivity index (χ0) is 55.8. The Labute approximate surface area is 457 Å². The maximum absolute atomic E-state index is 17.4. The molecule has 6 heterocycles. The van der Waals surface area contributed by atoms with Crippen molar-refractivity contribution in [3.05, 3.63) is 82.4 Å². The minimum absolute atomic E-state index is 0.0371. The van der Waals surface area contributed by atoms with Gasteiger partial charge >= 0.3 is 12.2 Å². The van der Waals surface area contributed by atoms with Gasteiger partial charge in [0.25, 0.3) is 0 Å². The van der Waals surface area contributed by atoms with Crippen LogP contribution in [0, 0.1) is 52.4 Å². The minimum Gasteiger partial charge on any atom is -0.465 e. The molecule has 7 atom stereocenters. The summed E-state index contributed by atoms with van der Waals surface area (Å²) < 4.78 is 68.6. The number of amides is 4. The van der Waals surface area contributed by atoms with E-state index in [9.17, 15) is 29.4 Å². The van der Waals surface area contributed by atoms with E-state index in [1.807, 2.05) is 13.8 Å². The van der Waals surface area contributed by atoms with Gasteiger partial charge in [-0.05, 0) is 131 Å². The van der Waals surface area contributed by atoms with Crippen molar-refractivity contribution in [3.8, 4) is 0 Å². The molecule has 4 unspecified atom stereocenters. The molecule has 0 radical (unpaired) electrons. The summed E-state index contributed by atoms with van der Waals surface area (Å²) >= 11 is 0. The van der Waals surface area contributed by atoms with E-state index >= 15 is 17.6 Å². The molecule has 2 saturated carbocycles. The number of halogens is 4. The molecule has 3 aromatic carbocycles. The third-order valence-corrected chi connectivity index (χ3v) is 19.3. The van der Waals surface area contributed by atoms with E-state index in [0.29, 0.717) is 91.5 Å². The third kappa shape index (κ3) is 10.0.